The topological polar surface area (TPSA) is 76.8 Å². The largest absolute Gasteiger partial charge is 0.464 e. The summed E-state index contributed by atoms with van der Waals surface area (Å²) in [6.45, 7) is 2.78. The van der Waals surface area contributed by atoms with E-state index in [2.05, 4.69) is 23.0 Å². The Morgan fingerprint density at radius 3 is 2.96 bits per heavy atom. The molecule has 2 aliphatic rings. The maximum Gasteiger partial charge on any atom is 0.358 e. The average Bonchev–Trinajstić information content (AvgIpc) is 3.08. The molecule has 1 aromatic carbocycles. The van der Waals surface area contributed by atoms with Crippen LogP contribution in [-0.4, -0.2) is 52.4 Å². The highest BCUT2D eigenvalue weighted by molar-refractivity contribution is 6.06. The van der Waals surface area contributed by atoms with Gasteiger partial charge in [0.15, 0.2) is 5.69 Å². The second-order valence-corrected chi connectivity index (χ2v) is 6.26. The highest BCUT2D eigenvalue weighted by Gasteiger charge is 2.28. The summed E-state index contributed by atoms with van der Waals surface area (Å²) in [4.78, 5) is 34.5. The van der Waals surface area contributed by atoms with Gasteiger partial charge in [0, 0.05) is 24.4 Å². The molecule has 2 aromatic rings. The van der Waals surface area contributed by atoms with E-state index in [9.17, 15) is 9.59 Å². The lowest BCUT2D eigenvalue weighted by Crippen LogP contribution is -2.36. The van der Waals surface area contributed by atoms with Gasteiger partial charge in [-0.05, 0) is 24.5 Å². The number of ether oxygens (including phenoxy) is 1. The Bertz CT molecular complexity index is 971. The fraction of sp³-hybridized carbons (Fsp3) is 0.263. The van der Waals surface area contributed by atoms with E-state index in [0.717, 1.165) is 17.7 Å². The number of carbonyl (C=O) groups excluding carboxylic acids is 2. The summed E-state index contributed by atoms with van der Waals surface area (Å²) in [5.74, 6) is 0.0153. The van der Waals surface area contributed by atoms with Crippen molar-refractivity contribution in [2.24, 2.45) is 4.99 Å². The lowest BCUT2D eigenvalue weighted by molar-refractivity contribution is -0.126. The molecule has 0 radical (unpaired) electrons. The van der Waals surface area contributed by atoms with Crippen LogP contribution in [0.1, 0.15) is 27.2 Å². The van der Waals surface area contributed by atoms with E-state index >= 15 is 0 Å². The summed E-state index contributed by atoms with van der Waals surface area (Å²) in [7, 11) is 1.31. The van der Waals surface area contributed by atoms with Gasteiger partial charge < -0.3 is 9.64 Å². The highest BCUT2D eigenvalue weighted by Crippen LogP contribution is 2.32. The van der Waals surface area contributed by atoms with Gasteiger partial charge in [0.2, 0.25) is 5.91 Å². The summed E-state index contributed by atoms with van der Waals surface area (Å²) in [6.07, 6.45) is 5.77. The molecule has 4 rings (SSSR count). The van der Waals surface area contributed by atoms with E-state index in [0.29, 0.717) is 12.4 Å². The van der Waals surface area contributed by atoms with Crippen LogP contribution in [-0.2, 0) is 16.0 Å². The molecule has 0 N–H and O–H groups in total. The molecular weight excluding hydrogens is 332 g/mol. The van der Waals surface area contributed by atoms with Crippen molar-refractivity contribution >= 4 is 23.4 Å². The van der Waals surface area contributed by atoms with Gasteiger partial charge in [0.05, 0.1) is 12.8 Å². The number of imidazole rings is 1. The van der Waals surface area contributed by atoms with Crippen LogP contribution in [0.4, 0.5) is 0 Å². The van der Waals surface area contributed by atoms with Crippen molar-refractivity contribution in [2.75, 3.05) is 20.2 Å². The number of fused-ring (bicyclic) bond motifs is 3. The molecule has 26 heavy (non-hydrogen) atoms. The molecule has 0 aliphatic carbocycles. The zero-order valence-corrected chi connectivity index (χ0v) is 14.6. The quantitative estimate of drug-likeness (QED) is 0.733. The number of nitrogens with zero attached hydrogens (tertiary/aromatic N) is 4. The molecule has 0 bridgehead atoms. The fourth-order valence-electron chi connectivity index (χ4n) is 3.39. The SMILES string of the molecule is COC(=O)c1cn(C2=NCC(=O)N3CCc4c(C)cccc4C3=C2)cn1. The number of aliphatic imine (C=N–C) groups is 1. The molecule has 0 atom stereocenters. The molecule has 0 spiro atoms. The molecule has 1 aromatic heterocycles. The summed E-state index contributed by atoms with van der Waals surface area (Å²) >= 11 is 0. The molecule has 0 saturated carbocycles. The van der Waals surface area contributed by atoms with Crippen LogP contribution in [0.5, 0.6) is 0 Å². The van der Waals surface area contributed by atoms with Gasteiger partial charge in [-0.1, -0.05) is 18.2 Å². The summed E-state index contributed by atoms with van der Waals surface area (Å²) in [5.41, 5.74) is 4.55. The van der Waals surface area contributed by atoms with E-state index in [1.807, 2.05) is 18.2 Å². The number of benzene rings is 1. The van der Waals surface area contributed by atoms with Crippen LogP contribution in [0.2, 0.25) is 0 Å². The van der Waals surface area contributed by atoms with Gasteiger partial charge in [-0.3, -0.25) is 14.4 Å². The minimum atomic E-state index is -0.512. The van der Waals surface area contributed by atoms with Crippen molar-refractivity contribution in [2.45, 2.75) is 13.3 Å². The van der Waals surface area contributed by atoms with Crippen LogP contribution in [0.15, 0.2) is 41.8 Å². The zero-order valence-electron chi connectivity index (χ0n) is 14.6. The average molecular weight is 350 g/mol. The predicted molar refractivity (Wildman–Crippen MR) is 95.8 cm³/mol. The molecule has 132 valence electrons. The van der Waals surface area contributed by atoms with Crippen molar-refractivity contribution < 1.29 is 14.3 Å². The second-order valence-electron chi connectivity index (χ2n) is 6.26. The number of hydrogen-bond donors (Lipinski definition) is 0. The van der Waals surface area contributed by atoms with Gasteiger partial charge in [-0.25, -0.2) is 9.78 Å². The summed E-state index contributed by atoms with van der Waals surface area (Å²) in [6, 6.07) is 6.11. The van der Waals surface area contributed by atoms with Crippen LogP contribution in [0.25, 0.3) is 5.70 Å². The van der Waals surface area contributed by atoms with Gasteiger partial charge >= 0.3 is 5.97 Å². The maximum atomic E-state index is 12.6. The number of allylic oxidation sites excluding steroid dienone is 1. The molecule has 0 saturated heterocycles. The molecule has 3 heterocycles. The van der Waals surface area contributed by atoms with Crippen LogP contribution in [0.3, 0.4) is 0 Å². The third-order valence-corrected chi connectivity index (χ3v) is 4.75. The molecular formula is C19H18N4O3. The molecule has 2 aliphatic heterocycles. The smallest absolute Gasteiger partial charge is 0.358 e. The lowest BCUT2D eigenvalue weighted by atomic mass is 9.92. The zero-order chi connectivity index (χ0) is 18.3. The Morgan fingerprint density at radius 1 is 1.31 bits per heavy atom. The van der Waals surface area contributed by atoms with E-state index < -0.39 is 5.97 Å². The van der Waals surface area contributed by atoms with Crippen LogP contribution >= 0.6 is 0 Å². The number of hydrogen-bond acceptors (Lipinski definition) is 5. The summed E-state index contributed by atoms with van der Waals surface area (Å²) in [5, 5.41) is 0. The first kappa shape index (κ1) is 16.3. The molecule has 0 unspecified atom stereocenters. The third kappa shape index (κ3) is 2.61. The van der Waals surface area contributed by atoms with E-state index in [1.54, 1.807) is 15.7 Å². The number of methoxy groups -OCH3 is 1. The van der Waals surface area contributed by atoms with E-state index in [1.165, 1.54) is 24.6 Å². The molecule has 0 fully saturated rings. The maximum absolute atomic E-state index is 12.6. The van der Waals surface area contributed by atoms with Gasteiger partial charge in [0.25, 0.3) is 0 Å². The van der Waals surface area contributed by atoms with Gasteiger partial charge in [-0.15, -0.1) is 0 Å². The number of carbonyl (C=O) groups is 2. The first-order valence-corrected chi connectivity index (χ1v) is 8.36. The fourth-order valence-corrected chi connectivity index (χ4v) is 3.39. The summed E-state index contributed by atoms with van der Waals surface area (Å²) < 4.78 is 6.33. The van der Waals surface area contributed by atoms with Gasteiger partial charge in [-0.2, -0.15) is 0 Å². The third-order valence-electron chi connectivity index (χ3n) is 4.75. The van der Waals surface area contributed by atoms with Crippen molar-refractivity contribution in [3.05, 3.63) is 59.2 Å². The van der Waals surface area contributed by atoms with Crippen LogP contribution in [0, 0.1) is 6.92 Å². The molecule has 7 heteroatoms. The van der Waals surface area contributed by atoms with Crippen molar-refractivity contribution in [1.29, 1.82) is 0 Å². The molecule has 7 nitrogen and oxygen atoms in total. The molecule has 1 amide bonds. The van der Waals surface area contributed by atoms with E-state index in [-0.39, 0.29) is 18.1 Å². The normalized spacial score (nSPS) is 16.2. The first-order chi connectivity index (χ1) is 12.6. The van der Waals surface area contributed by atoms with Crippen molar-refractivity contribution in [3.8, 4) is 0 Å². The highest BCUT2D eigenvalue weighted by atomic mass is 16.5. The monoisotopic (exact) mass is 350 g/mol. The lowest BCUT2D eigenvalue weighted by Gasteiger charge is -2.31. The second kappa shape index (κ2) is 6.25. The Kier molecular flexibility index (Phi) is 3.91. The standard InChI is InChI=1S/C19H18N4O3/c1-12-4-3-5-14-13(12)6-7-23-16(14)8-17(20-9-18(23)24)22-10-15(21-11-22)19(25)26-2/h3-5,8,10-11H,6-7,9H2,1-2H3. The van der Waals surface area contributed by atoms with Crippen molar-refractivity contribution in [1.82, 2.24) is 14.5 Å². The Hall–Kier alpha value is -3.22. The number of esters is 1. The number of rotatable bonds is 1. The van der Waals surface area contributed by atoms with Crippen LogP contribution < -0.4 is 0 Å². The first-order valence-electron chi connectivity index (χ1n) is 8.36. The minimum absolute atomic E-state index is 0.0355. The number of amides is 1. The van der Waals surface area contributed by atoms with Gasteiger partial charge in [0.1, 0.15) is 18.7 Å². The Morgan fingerprint density at radius 2 is 2.15 bits per heavy atom. The number of aromatic nitrogens is 2. The number of aryl methyl sites for hydroxylation is 1. The Labute approximate surface area is 150 Å². The minimum Gasteiger partial charge on any atom is -0.464 e. The van der Waals surface area contributed by atoms with E-state index in [4.69, 9.17) is 4.74 Å². The van der Waals surface area contributed by atoms with Crippen molar-refractivity contribution in [3.63, 3.8) is 0 Å². The Balaban J connectivity index is 1.81. The predicted octanol–water partition coefficient (Wildman–Crippen LogP) is 1.66.